The number of nitrogens with zero attached hydrogens (tertiary/aromatic N) is 3. The van der Waals surface area contributed by atoms with E-state index in [1.165, 1.54) is 29.7 Å². The lowest BCUT2D eigenvalue weighted by Crippen LogP contribution is -2.60. The van der Waals surface area contributed by atoms with Crippen LogP contribution in [0.4, 0.5) is 0 Å². The molecule has 5 amide bonds. The Morgan fingerprint density at radius 1 is 0.783 bits per heavy atom. The number of esters is 1. The lowest BCUT2D eigenvalue weighted by Gasteiger charge is -2.39. The molecule has 13 nitrogen and oxygen atoms in total. The van der Waals surface area contributed by atoms with Crippen LogP contribution in [0, 0.1) is 0 Å². The van der Waals surface area contributed by atoms with Gasteiger partial charge in [0.15, 0.2) is 0 Å². The van der Waals surface area contributed by atoms with Crippen LogP contribution in [-0.2, 0) is 33.5 Å². The van der Waals surface area contributed by atoms with Gasteiger partial charge in [0.25, 0.3) is 0 Å². The van der Waals surface area contributed by atoms with Crippen molar-refractivity contribution < 1.29 is 38.2 Å². The van der Waals surface area contributed by atoms with Gasteiger partial charge in [-0.3, -0.25) is 24.0 Å². The van der Waals surface area contributed by atoms with E-state index in [1.54, 1.807) is 42.4 Å². The molecule has 6 unspecified atom stereocenters. The Balaban J connectivity index is 1.40. The average molecular weight is 638 g/mol. The number of hydrogen-bond donors (Lipinski definition) is 2. The molecule has 248 valence electrons. The van der Waals surface area contributed by atoms with Gasteiger partial charge in [-0.05, 0) is 82.6 Å². The third kappa shape index (κ3) is 7.02. The Hall–Kier alpha value is -4.42. The van der Waals surface area contributed by atoms with Crippen LogP contribution in [0.3, 0.4) is 0 Å². The van der Waals surface area contributed by atoms with Crippen molar-refractivity contribution in [1.29, 1.82) is 0 Å². The highest BCUT2D eigenvalue weighted by Gasteiger charge is 2.46. The summed E-state index contributed by atoms with van der Waals surface area (Å²) in [5.74, 6) is -2.36. The molecule has 4 heterocycles. The molecule has 2 N–H and O–H groups in total. The summed E-state index contributed by atoms with van der Waals surface area (Å²) < 4.78 is 10.7. The van der Waals surface area contributed by atoms with Gasteiger partial charge in [-0.1, -0.05) is 12.1 Å². The average Bonchev–Trinajstić information content (AvgIpc) is 3.76. The number of ether oxygens (including phenoxy) is 2. The number of amides is 5. The fourth-order valence-corrected chi connectivity index (χ4v) is 6.85. The number of fused-ring (bicyclic) bond motifs is 3. The van der Waals surface area contributed by atoms with Crippen molar-refractivity contribution in [3.63, 3.8) is 0 Å². The molecule has 6 atom stereocenters. The Morgan fingerprint density at radius 2 is 1.35 bits per heavy atom. The first-order valence-electron chi connectivity index (χ1n) is 16.1. The molecule has 0 saturated carbocycles. The number of carbonyl (C=O) groups excluding carboxylic acids is 6. The molecule has 46 heavy (non-hydrogen) atoms. The van der Waals surface area contributed by atoms with Gasteiger partial charge in [-0.2, -0.15) is 0 Å². The summed E-state index contributed by atoms with van der Waals surface area (Å²) in [6.07, 6.45) is 5.68. The monoisotopic (exact) mass is 637 g/mol. The standard InChI is InChI=1S/C33H43N5O8/c1-20-31(42)37-17-5-4-8-25(37)33(44)38-19-7-10-26(38)32(43)36-18-6-9-24(36)29(40)35-28(30(41)34-20)21(2)46-27(39)16-13-22-11-14-23(45-3)15-12-22/h11-16,20-21,24-26,28H,4-10,17-19H2,1-3H3,(H,34,41)(H,35,40)/b16-13+. The minimum Gasteiger partial charge on any atom is -0.497 e. The molecular weight excluding hydrogens is 594 g/mol. The van der Waals surface area contributed by atoms with Gasteiger partial charge in [-0.15, -0.1) is 0 Å². The van der Waals surface area contributed by atoms with E-state index in [1.807, 2.05) is 0 Å². The van der Waals surface area contributed by atoms with Crippen LogP contribution in [0.2, 0.25) is 0 Å². The van der Waals surface area contributed by atoms with Crippen LogP contribution in [0.1, 0.15) is 64.4 Å². The van der Waals surface area contributed by atoms with E-state index in [9.17, 15) is 28.8 Å². The maximum absolute atomic E-state index is 13.9. The highest BCUT2D eigenvalue weighted by molar-refractivity contribution is 5.98. The van der Waals surface area contributed by atoms with Crippen LogP contribution in [0.5, 0.6) is 5.75 Å². The molecule has 4 aliphatic rings. The molecule has 1 aromatic carbocycles. The van der Waals surface area contributed by atoms with Crippen molar-refractivity contribution >= 4 is 41.6 Å². The van der Waals surface area contributed by atoms with Crippen LogP contribution in [-0.4, -0.2) is 113 Å². The van der Waals surface area contributed by atoms with Crippen molar-refractivity contribution in [3.05, 3.63) is 35.9 Å². The fourth-order valence-electron chi connectivity index (χ4n) is 6.85. The minimum absolute atomic E-state index is 0.265. The molecule has 4 fully saturated rings. The topological polar surface area (TPSA) is 155 Å². The smallest absolute Gasteiger partial charge is 0.331 e. The molecule has 1 aromatic rings. The zero-order valence-corrected chi connectivity index (χ0v) is 26.6. The molecule has 0 spiro atoms. The second-order valence-corrected chi connectivity index (χ2v) is 12.4. The molecule has 0 aromatic heterocycles. The van der Waals surface area contributed by atoms with E-state index < -0.39 is 60.0 Å². The lowest BCUT2D eigenvalue weighted by atomic mass is 9.99. The van der Waals surface area contributed by atoms with E-state index in [-0.39, 0.29) is 11.8 Å². The van der Waals surface area contributed by atoms with Crippen molar-refractivity contribution in [2.24, 2.45) is 0 Å². The predicted molar refractivity (Wildman–Crippen MR) is 166 cm³/mol. The summed E-state index contributed by atoms with van der Waals surface area (Å²) in [6, 6.07) is 2.33. The van der Waals surface area contributed by atoms with Crippen molar-refractivity contribution in [3.8, 4) is 5.75 Å². The van der Waals surface area contributed by atoms with Crippen LogP contribution in [0.25, 0.3) is 6.08 Å². The second kappa shape index (κ2) is 14.3. The largest absolute Gasteiger partial charge is 0.497 e. The maximum Gasteiger partial charge on any atom is 0.331 e. The van der Waals surface area contributed by atoms with Gasteiger partial charge in [0, 0.05) is 25.7 Å². The third-order valence-corrected chi connectivity index (χ3v) is 9.34. The Labute approximate surface area is 268 Å². The van der Waals surface area contributed by atoms with Gasteiger partial charge in [-0.25, -0.2) is 4.79 Å². The van der Waals surface area contributed by atoms with Gasteiger partial charge in [0.05, 0.1) is 7.11 Å². The number of hydrogen-bond acceptors (Lipinski definition) is 8. The normalized spacial score (nSPS) is 28.5. The van der Waals surface area contributed by atoms with Crippen LogP contribution in [0.15, 0.2) is 30.3 Å². The first-order valence-corrected chi connectivity index (χ1v) is 16.1. The third-order valence-electron chi connectivity index (χ3n) is 9.34. The Kier molecular flexibility index (Phi) is 10.3. The summed E-state index contributed by atoms with van der Waals surface area (Å²) in [4.78, 5) is 86.2. The number of piperidine rings is 1. The highest BCUT2D eigenvalue weighted by atomic mass is 16.5. The van der Waals surface area contributed by atoms with Gasteiger partial charge < -0.3 is 34.8 Å². The molecule has 0 bridgehead atoms. The zero-order valence-electron chi connectivity index (χ0n) is 26.6. The van der Waals surface area contributed by atoms with E-state index in [4.69, 9.17) is 9.47 Å². The SMILES string of the molecule is COc1ccc(/C=C/C(=O)OC(C)C2NC(=O)C3CCCN3C(=O)C3CCCN3C(=O)C3CCCCN3C(=O)C(C)NC2=O)cc1. The number of nitrogens with one attached hydrogen (secondary N) is 2. The molecular formula is C33H43N5O8. The maximum atomic E-state index is 13.9. The molecule has 5 rings (SSSR count). The van der Waals surface area contributed by atoms with Crippen molar-refractivity contribution in [2.45, 2.75) is 95.1 Å². The van der Waals surface area contributed by atoms with Crippen LogP contribution < -0.4 is 15.4 Å². The first-order chi connectivity index (χ1) is 22.1. The van der Waals surface area contributed by atoms with E-state index in [0.717, 1.165) is 12.0 Å². The minimum atomic E-state index is -1.36. The van der Waals surface area contributed by atoms with E-state index in [2.05, 4.69) is 10.6 Å². The lowest BCUT2D eigenvalue weighted by molar-refractivity contribution is -0.153. The molecule has 13 heteroatoms. The summed E-state index contributed by atoms with van der Waals surface area (Å²) in [7, 11) is 1.55. The summed E-state index contributed by atoms with van der Waals surface area (Å²) in [6.45, 7) is 4.12. The predicted octanol–water partition coefficient (Wildman–Crippen LogP) is 1.01. The molecule has 0 radical (unpaired) electrons. The Morgan fingerprint density at radius 3 is 2.00 bits per heavy atom. The summed E-state index contributed by atoms with van der Waals surface area (Å²) in [5, 5.41) is 5.40. The van der Waals surface area contributed by atoms with Gasteiger partial charge >= 0.3 is 5.97 Å². The molecule has 0 aliphatic carbocycles. The summed E-state index contributed by atoms with van der Waals surface area (Å²) >= 11 is 0. The van der Waals surface area contributed by atoms with E-state index >= 15 is 0 Å². The second-order valence-electron chi connectivity index (χ2n) is 12.4. The van der Waals surface area contributed by atoms with Crippen molar-refractivity contribution in [1.82, 2.24) is 25.3 Å². The van der Waals surface area contributed by atoms with Crippen molar-refractivity contribution in [2.75, 3.05) is 26.7 Å². The highest BCUT2D eigenvalue weighted by Crippen LogP contribution is 2.29. The number of rotatable bonds is 5. The van der Waals surface area contributed by atoms with Gasteiger partial charge in [0.1, 0.15) is 42.1 Å². The number of methoxy groups -OCH3 is 1. The summed E-state index contributed by atoms with van der Waals surface area (Å²) in [5.41, 5.74) is 0.721. The van der Waals surface area contributed by atoms with E-state index in [0.29, 0.717) is 63.9 Å². The fraction of sp³-hybridized carbons (Fsp3) is 0.576. The van der Waals surface area contributed by atoms with Gasteiger partial charge in [0.2, 0.25) is 29.5 Å². The first kappa shape index (κ1) is 33.0. The molecule has 4 aliphatic heterocycles. The molecule has 4 saturated heterocycles. The zero-order chi connectivity index (χ0) is 33.0. The number of benzene rings is 1. The Bertz CT molecular complexity index is 1380. The number of carbonyl (C=O) groups is 6. The van der Waals surface area contributed by atoms with Crippen LogP contribution >= 0.6 is 0 Å². The quantitative estimate of drug-likeness (QED) is 0.358.